The van der Waals surface area contributed by atoms with Gasteiger partial charge in [-0.15, -0.1) is 0 Å². The van der Waals surface area contributed by atoms with Crippen LogP contribution in [0.5, 0.6) is 0 Å². The number of amides is 1. The summed E-state index contributed by atoms with van der Waals surface area (Å²) in [4.78, 5) is 24.4. The van der Waals surface area contributed by atoms with Gasteiger partial charge in [0.15, 0.2) is 0 Å². The van der Waals surface area contributed by atoms with E-state index in [1.165, 1.54) is 6.07 Å². The largest absolute Gasteiger partial charge is 0.381 e. The van der Waals surface area contributed by atoms with E-state index in [1.54, 1.807) is 12.1 Å². The number of H-pyrrole nitrogens is 1. The molecular weight excluding hydrogens is 417 g/mol. The number of nitrogens with one attached hydrogen (secondary N) is 1. The van der Waals surface area contributed by atoms with Crippen LogP contribution in [0.4, 0.5) is 4.39 Å². The monoisotopic (exact) mass is 447 g/mol. The first-order valence-corrected chi connectivity index (χ1v) is 12.2. The summed E-state index contributed by atoms with van der Waals surface area (Å²) in [5, 5.41) is 1.14. The van der Waals surface area contributed by atoms with Crippen molar-refractivity contribution in [3.05, 3.63) is 65.7 Å². The summed E-state index contributed by atoms with van der Waals surface area (Å²) in [5.74, 6) is 0.443. The van der Waals surface area contributed by atoms with Crippen molar-refractivity contribution >= 4 is 16.9 Å². The van der Waals surface area contributed by atoms with Crippen LogP contribution in [-0.4, -0.2) is 46.1 Å². The zero-order valence-electron chi connectivity index (χ0n) is 18.8. The molecule has 3 saturated heterocycles. The van der Waals surface area contributed by atoms with Gasteiger partial charge in [0.05, 0.1) is 5.41 Å². The molecule has 2 unspecified atom stereocenters. The highest BCUT2D eigenvalue weighted by Gasteiger charge is 2.51. The topological polar surface area (TPSA) is 58.2 Å². The minimum absolute atomic E-state index is 0.188. The van der Waals surface area contributed by atoms with Gasteiger partial charge in [-0.1, -0.05) is 12.1 Å². The number of aromatic amines is 1. The minimum Gasteiger partial charge on any atom is -0.381 e. The SMILES string of the molecule is O=C(N1C2CCC1CC(Cc1ccc3cc[nH]c3n1)C2)C1(c2cccc(F)c2)CCOCC1. The van der Waals surface area contributed by atoms with Gasteiger partial charge in [0, 0.05) is 42.6 Å². The maximum absolute atomic E-state index is 14.2. The van der Waals surface area contributed by atoms with Crippen LogP contribution in [0.25, 0.3) is 11.0 Å². The summed E-state index contributed by atoms with van der Waals surface area (Å²) in [6.45, 7) is 1.09. The average Bonchev–Trinajstić information content (AvgIpc) is 3.40. The van der Waals surface area contributed by atoms with E-state index >= 15 is 0 Å². The number of piperidine rings is 1. The van der Waals surface area contributed by atoms with Crippen molar-refractivity contribution in [2.24, 2.45) is 5.92 Å². The van der Waals surface area contributed by atoms with E-state index in [1.807, 2.05) is 18.3 Å². The third kappa shape index (κ3) is 3.65. The third-order valence-electron chi connectivity index (χ3n) is 8.16. The van der Waals surface area contributed by atoms with Crippen molar-refractivity contribution in [1.82, 2.24) is 14.9 Å². The fourth-order valence-electron chi connectivity index (χ4n) is 6.55. The number of fused-ring (bicyclic) bond motifs is 3. The Hall–Kier alpha value is -2.73. The lowest BCUT2D eigenvalue weighted by Crippen LogP contribution is -2.56. The summed E-state index contributed by atoms with van der Waals surface area (Å²) >= 11 is 0. The Labute approximate surface area is 193 Å². The van der Waals surface area contributed by atoms with E-state index in [-0.39, 0.29) is 23.8 Å². The van der Waals surface area contributed by atoms with Gasteiger partial charge in [-0.05, 0) is 86.8 Å². The first kappa shape index (κ1) is 20.8. The van der Waals surface area contributed by atoms with Crippen molar-refractivity contribution in [3.8, 4) is 0 Å². The van der Waals surface area contributed by atoms with Gasteiger partial charge in [-0.3, -0.25) is 4.79 Å². The highest BCUT2D eigenvalue weighted by Crippen LogP contribution is 2.45. The van der Waals surface area contributed by atoms with Gasteiger partial charge in [-0.2, -0.15) is 0 Å². The number of halogens is 1. The Bertz CT molecular complexity index is 1150. The Kier molecular flexibility index (Phi) is 5.21. The zero-order chi connectivity index (χ0) is 22.4. The van der Waals surface area contributed by atoms with E-state index in [0.29, 0.717) is 32.0 Å². The molecule has 5 nitrogen and oxygen atoms in total. The fraction of sp³-hybridized carbons (Fsp3) is 0.481. The van der Waals surface area contributed by atoms with E-state index in [2.05, 4.69) is 22.0 Å². The predicted molar refractivity (Wildman–Crippen MR) is 124 cm³/mol. The van der Waals surface area contributed by atoms with Crippen molar-refractivity contribution in [2.75, 3.05) is 13.2 Å². The molecule has 2 bridgehead atoms. The van der Waals surface area contributed by atoms with E-state index in [0.717, 1.165) is 54.4 Å². The molecule has 1 aromatic carbocycles. The molecule has 3 fully saturated rings. The third-order valence-corrected chi connectivity index (χ3v) is 8.16. The first-order chi connectivity index (χ1) is 16.1. The van der Waals surface area contributed by atoms with E-state index in [9.17, 15) is 9.18 Å². The highest BCUT2D eigenvalue weighted by atomic mass is 19.1. The number of hydrogen-bond acceptors (Lipinski definition) is 3. The summed E-state index contributed by atoms with van der Waals surface area (Å²) in [6, 6.07) is 13.5. The number of benzene rings is 1. The standard InChI is InChI=1S/C27H30FN3O2/c28-21-3-1-2-20(17-21)27(9-12-33-13-10-27)26(32)31-23-6-7-24(31)16-18(15-23)14-22-5-4-19-8-11-29-25(19)30-22/h1-5,8,11,17-18,23-24H,6-7,9-10,12-16H2,(H,29,30). The normalized spacial score (nSPS) is 26.6. The second-order valence-corrected chi connectivity index (χ2v) is 10.1. The predicted octanol–water partition coefficient (Wildman–Crippen LogP) is 4.76. The maximum Gasteiger partial charge on any atom is 0.233 e. The quantitative estimate of drug-likeness (QED) is 0.627. The number of pyridine rings is 1. The van der Waals surface area contributed by atoms with Crippen LogP contribution < -0.4 is 0 Å². The summed E-state index contributed by atoms with van der Waals surface area (Å²) in [6.07, 6.45) is 8.27. The van der Waals surface area contributed by atoms with E-state index < -0.39 is 5.41 Å². The first-order valence-electron chi connectivity index (χ1n) is 12.2. The van der Waals surface area contributed by atoms with Crippen LogP contribution in [0, 0.1) is 11.7 Å². The molecule has 5 heterocycles. The second kappa shape index (κ2) is 8.24. The number of rotatable bonds is 4. The van der Waals surface area contributed by atoms with Crippen LogP contribution in [0.15, 0.2) is 48.7 Å². The Morgan fingerprint density at radius 1 is 1.12 bits per heavy atom. The van der Waals surface area contributed by atoms with Gasteiger partial charge in [0.1, 0.15) is 11.5 Å². The van der Waals surface area contributed by atoms with Crippen LogP contribution >= 0.6 is 0 Å². The number of nitrogens with zero attached hydrogens (tertiary/aromatic N) is 2. The molecular formula is C27H30FN3O2. The Balaban J connectivity index is 1.23. The summed E-state index contributed by atoms with van der Waals surface area (Å²) in [5.41, 5.74) is 2.20. The average molecular weight is 448 g/mol. The molecule has 6 heteroatoms. The molecule has 0 aliphatic carbocycles. The molecule has 6 rings (SSSR count). The minimum atomic E-state index is -0.672. The Morgan fingerprint density at radius 2 is 1.91 bits per heavy atom. The lowest BCUT2D eigenvalue weighted by atomic mass is 9.72. The molecule has 3 aliphatic heterocycles. The zero-order valence-corrected chi connectivity index (χ0v) is 18.8. The van der Waals surface area contributed by atoms with Crippen molar-refractivity contribution in [2.45, 2.75) is 62.4 Å². The summed E-state index contributed by atoms with van der Waals surface area (Å²) in [7, 11) is 0. The Morgan fingerprint density at radius 3 is 2.67 bits per heavy atom. The van der Waals surface area contributed by atoms with Crippen molar-refractivity contribution < 1.29 is 13.9 Å². The van der Waals surface area contributed by atoms with Crippen molar-refractivity contribution in [3.63, 3.8) is 0 Å². The molecule has 2 aromatic heterocycles. The molecule has 33 heavy (non-hydrogen) atoms. The molecule has 2 atom stereocenters. The number of aromatic nitrogens is 2. The van der Waals surface area contributed by atoms with Crippen LogP contribution in [-0.2, 0) is 21.4 Å². The van der Waals surface area contributed by atoms with Crippen LogP contribution in [0.2, 0.25) is 0 Å². The molecule has 0 radical (unpaired) electrons. The molecule has 172 valence electrons. The maximum atomic E-state index is 14.2. The molecule has 0 spiro atoms. The second-order valence-electron chi connectivity index (χ2n) is 10.1. The molecule has 1 amide bonds. The van der Waals surface area contributed by atoms with E-state index in [4.69, 9.17) is 9.72 Å². The fourth-order valence-corrected chi connectivity index (χ4v) is 6.55. The number of hydrogen-bond donors (Lipinski definition) is 1. The molecule has 0 saturated carbocycles. The molecule has 3 aliphatic rings. The number of carbonyl (C=O) groups is 1. The van der Waals surface area contributed by atoms with Gasteiger partial charge < -0.3 is 14.6 Å². The number of carbonyl (C=O) groups excluding carboxylic acids is 1. The van der Waals surface area contributed by atoms with Crippen LogP contribution in [0.3, 0.4) is 0 Å². The molecule has 3 aromatic rings. The van der Waals surface area contributed by atoms with Crippen molar-refractivity contribution in [1.29, 1.82) is 0 Å². The lowest BCUT2D eigenvalue weighted by molar-refractivity contribution is -0.146. The van der Waals surface area contributed by atoms with Gasteiger partial charge >= 0.3 is 0 Å². The van der Waals surface area contributed by atoms with Gasteiger partial charge in [-0.25, -0.2) is 9.37 Å². The number of ether oxygens (including phenoxy) is 1. The highest BCUT2D eigenvalue weighted by molar-refractivity contribution is 5.89. The van der Waals surface area contributed by atoms with Crippen LogP contribution in [0.1, 0.15) is 49.8 Å². The van der Waals surface area contributed by atoms with Gasteiger partial charge in [0.2, 0.25) is 5.91 Å². The summed E-state index contributed by atoms with van der Waals surface area (Å²) < 4.78 is 19.8. The lowest BCUT2D eigenvalue weighted by Gasteiger charge is -2.46. The smallest absolute Gasteiger partial charge is 0.233 e. The van der Waals surface area contributed by atoms with Gasteiger partial charge in [0.25, 0.3) is 0 Å². The molecule has 1 N–H and O–H groups in total.